The predicted molar refractivity (Wildman–Crippen MR) is 44.9 cm³/mol. The molecule has 2 heteroatoms. The van der Waals surface area contributed by atoms with Gasteiger partial charge in [0.25, 0.3) is 0 Å². The molecule has 1 amide bonds. The lowest BCUT2D eigenvalue weighted by Gasteiger charge is -2.19. The first-order valence-electron chi connectivity index (χ1n) is 4.15. The molecule has 0 aliphatic heterocycles. The average Bonchev–Trinajstić information content (AvgIpc) is 1.93. The molecule has 1 rings (SSSR count). The smallest absolute Gasteiger partial charge is 0.218 e. The van der Waals surface area contributed by atoms with Crippen LogP contribution in [0.4, 0.5) is 0 Å². The van der Waals surface area contributed by atoms with Crippen molar-refractivity contribution >= 4 is 5.91 Å². The monoisotopic (exact) mass is 153 g/mol. The fourth-order valence-electron chi connectivity index (χ4n) is 1.59. The van der Waals surface area contributed by atoms with Crippen LogP contribution in [0.25, 0.3) is 0 Å². The minimum Gasteiger partial charge on any atom is -0.370 e. The third kappa shape index (κ3) is 2.37. The SMILES string of the molecule is CC1=CCCCC1CC(N)=O. The summed E-state index contributed by atoms with van der Waals surface area (Å²) >= 11 is 0. The summed E-state index contributed by atoms with van der Waals surface area (Å²) in [4.78, 5) is 10.6. The average molecular weight is 153 g/mol. The van der Waals surface area contributed by atoms with Crippen LogP contribution in [0.2, 0.25) is 0 Å². The maximum Gasteiger partial charge on any atom is 0.218 e. The van der Waals surface area contributed by atoms with Crippen LogP contribution >= 0.6 is 0 Å². The molecule has 2 nitrogen and oxygen atoms in total. The summed E-state index contributed by atoms with van der Waals surface area (Å²) in [6.45, 7) is 2.09. The molecule has 0 saturated heterocycles. The van der Waals surface area contributed by atoms with Crippen molar-refractivity contribution < 1.29 is 4.79 Å². The van der Waals surface area contributed by atoms with Crippen LogP contribution in [-0.2, 0) is 4.79 Å². The zero-order valence-corrected chi connectivity index (χ0v) is 6.97. The van der Waals surface area contributed by atoms with E-state index in [1.807, 2.05) is 0 Å². The van der Waals surface area contributed by atoms with Gasteiger partial charge in [0.15, 0.2) is 0 Å². The molecule has 2 N–H and O–H groups in total. The molecule has 0 aromatic heterocycles. The molecule has 0 spiro atoms. The summed E-state index contributed by atoms with van der Waals surface area (Å²) in [5, 5.41) is 0. The van der Waals surface area contributed by atoms with E-state index in [0.29, 0.717) is 12.3 Å². The molecule has 0 bridgehead atoms. The molecule has 1 aliphatic rings. The van der Waals surface area contributed by atoms with Gasteiger partial charge in [-0.1, -0.05) is 11.6 Å². The third-order valence-corrected chi connectivity index (χ3v) is 2.31. The number of allylic oxidation sites excluding steroid dienone is 2. The first-order chi connectivity index (χ1) is 5.20. The van der Waals surface area contributed by atoms with Crippen molar-refractivity contribution in [1.29, 1.82) is 0 Å². The zero-order valence-electron chi connectivity index (χ0n) is 6.97. The molecule has 0 aromatic rings. The van der Waals surface area contributed by atoms with Crippen molar-refractivity contribution in [2.24, 2.45) is 11.7 Å². The van der Waals surface area contributed by atoms with E-state index in [2.05, 4.69) is 13.0 Å². The molecule has 1 unspecified atom stereocenters. The van der Waals surface area contributed by atoms with E-state index in [1.54, 1.807) is 0 Å². The number of amides is 1. The Morgan fingerprint density at radius 2 is 2.55 bits per heavy atom. The molecule has 0 fully saturated rings. The van der Waals surface area contributed by atoms with Gasteiger partial charge in [0, 0.05) is 6.42 Å². The fraction of sp³-hybridized carbons (Fsp3) is 0.667. The molecule has 0 radical (unpaired) electrons. The number of carbonyl (C=O) groups excluding carboxylic acids is 1. The Labute approximate surface area is 67.5 Å². The Balaban J connectivity index is 2.50. The van der Waals surface area contributed by atoms with Gasteiger partial charge in [-0.2, -0.15) is 0 Å². The van der Waals surface area contributed by atoms with Crippen molar-refractivity contribution in [2.45, 2.75) is 32.6 Å². The summed E-state index contributed by atoms with van der Waals surface area (Å²) in [5.41, 5.74) is 6.46. The van der Waals surface area contributed by atoms with Crippen LogP contribution in [0, 0.1) is 5.92 Å². The highest BCUT2D eigenvalue weighted by Crippen LogP contribution is 2.26. The number of primary amides is 1. The van der Waals surface area contributed by atoms with E-state index >= 15 is 0 Å². The standard InChI is InChI=1S/C9H15NO/c1-7-4-2-3-5-8(7)6-9(10)11/h4,8H,2-3,5-6H2,1H3,(H2,10,11). The molecular formula is C9H15NO. The Morgan fingerprint density at radius 3 is 3.09 bits per heavy atom. The summed E-state index contributed by atoms with van der Waals surface area (Å²) in [5.74, 6) is 0.255. The summed E-state index contributed by atoms with van der Waals surface area (Å²) < 4.78 is 0. The van der Waals surface area contributed by atoms with Crippen molar-refractivity contribution in [3.8, 4) is 0 Å². The number of rotatable bonds is 2. The molecule has 11 heavy (non-hydrogen) atoms. The molecule has 0 saturated carbocycles. The third-order valence-electron chi connectivity index (χ3n) is 2.31. The van der Waals surface area contributed by atoms with Gasteiger partial charge in [-0.3, -0.25) is 4.79 Å². The normalized spacial score (nSPS) is 24.5. The van der Waals surface area contributed by atoms with Gasteiger partial charge in [-0.05, 0) is 32.1 Å². The number of carbonyl (C=O) groups is 1. The second-order valence-corrected chi connectivity index (χ2v) is 3.25. The van der Waals surface area contributed by atoms with Gasteiger partial charge >= 0.3 is 0 Å². The van der Waals surface area contributed by atoms with Gasteiger partial charge in [-0.25, -0.2) is 0 Å². The highest BCUT2D eigenvalue weighted by atomic mass is 16.1. The summed E-state index contributed by atoms with van der Waals surface area (Å²) in [6, 6.07) is 0. The van der Waals surface area contributed by atoms with E-state index < -0.39 is 0 Å². The highest BCUT2D eigenvalue weighted by molar-refractivity contribution is 5.74. The van der Waals surface area contributed by atoms with Crippen LogP contribution in [0.15, 0.2) is 11.6 Å². The maximum atomic E-state index is 10.6. The Hall–Kier alpha value is -0.790. The molecule has 1 atom stereocenters. The molecule has 1 aliphatic carbocycles. The van der Waals surface area contributed by atoms with Gasteiger partial charge in [0.2, 0.25) is 5.91 Å². The van der Waals surface area contributed by atoms with Gasteiger partial charge in [0.05, 0.1) is 0 Å². The topological polar surface area (TPSA) is 43.1 Å². The van der Waals surface area contributed by atoms with Crippen LogP contribution in [0.5, 0.6) is 0 Å². The number of nitrogens with two attached hydrogens (primary N) is 1. The number of hydrogen-bond donors (Lipinski definition) is 1. The lowest BCUT2D eigenvalue weighted by Crippen LogP contribution is -2.18. The van der Waals surface area contributed by atoms with Crippen LogP contribution < -0.4 is 5.73 Å². The Kier molecular flexibility index (Phi) is 2.69. The quantitative estimate of drug-likeness (QED) is 0.602. The van der Waals surface area contributed by atoms with Gasteiger partial charge < -0.3 is 5.73 Å². The minimum absolute atomic E-state index is 0.176. The van der Waals surface area contributed by atoms with Crippen molar-refractivity contribution in [3.63, 3.8) is 0 Å². The van der Waals surface area contributed by atoms with Crippen molar-refractivity contribution in [3.05, 3.63) is 11.6 Å². The summed E-state index contributed by atoms with van der Waals surface area (Å²) in [7, 11) is 0. The van der Waals surface area contributed by atoms with E-state index in [0.717, 1.165) is 6.42 Å². The van der Waals surface area contributed by atoms with E-state index in [-0.39, 0.29) is 5.91 Å². The molecular weight excluding hydrogens is 138 g/mol. The minimum atomic E-state index is -0.176. The Bertz CT molecular complexity index is 184. The fourth-order valence-corrected chi connectivity index (χ4v) is 1.59. The molecule has 62 valence electrons. The van der Waals surface area contributed by atoms with E-state index in [4.69, 9.17) is 5.73 Å². The first-order valence-corrected chi connectivity index (χ1v) is 4.15. The van der Waals surface area contributed by atoms with Crippen molar-refractivity contribution in [1.82, 2.24) is 0 Å². The van der Waals surface area contributed by atoms with Gasteiger partial charge in [-0.15, -0.1) is 0 Å². The predicted octanol–water partition coefficient (Wildman–Crippen LogP) is 1.61. The largest absolute Gasteiger partial charge is 0.370 e. The Morgan fingerprint density at radius 1 is 1.82 bits per heavy atom. The van der Waals surface area contributed by atoms with Crippen LogP contribution in [-0.4, -0.2) is 5.91 Å². The van der Waals surface area contributed by atoms with Crippen molar-refractivity contribution in [2.75, 3.05) is 0 Å². The lowest BCUT2D eigenvalue weighted by molar-refractivity contribution is -0.118. The second-order valence-electron chi connectivity index (χ2n) is 3.25. The zero-order chi connectivity index (χ0) is 8.27. The molecule has 0 heterocycles. The molecule has 0 aromatic carbocycles. The van der Waals surface area contributed by atoms with Gasteiger partial charge in [0.1, 0.15) is 0 Å². The second kappa shape index (κ2) is 3.56. The maximum absolute atomic E-state index is 10.6. The highest BCUT2D eigenvalue weighted by Gasteiger charge is 2.15. The number of hydrogen-bond acceptors (Lipinski definition) is 1. The van der Waals surface area contributed by atoms with Crippen LogP contribution in [0.3, 0.4) is 0 Å². The van der Waals surface area contributed by atoms with E-state index in [9.17, 15) is 4.79 Å². The summed E-state index contributed by atoms with van der Waals surface area (Å²) in [6.07, 6.45) is 6.25. The first kappa shape index (κ1) is 8.31. The lowest BCUT2D eigenvalue weighted by atomic mass is 9.86. The van der Waals surface area contributed by atoms with E-state index in [1.165, 1.54) is 18.4 Å². The van der Waals surface area contributed by atoms with Crippen LogP contribution in [0.1, 0.15) is 32.6 Å².